The fraction of sp³-hybridized carbons (Fsp3) is 0.364. The van der Waals surface area contributed by atoms with Gasteiger partial charge in [-0.25, -0.2) is 9.79 Å². The lowest BCUT2D eigenvalue weighted by molar-refractivity contribution is 0.256. The molecule has 0 radical (unpaired) electrons. The van der Waals surface area contributed by atoms with Crippen molar-refractivity contribution in [1.82, 2.24) is 10.3 Å². The van der Waals surface area contributed by atoms with Crippen LogP contribution in [0.4, 0.5) is 10.5 Å². The predicted molar refractivity (Wildman–Crippen MR) is 67.8 cm³/mol. The average molecular weight is 235 g/mol. The van der Waals surface area contributed by atoms with Gasteiger partial charge < -0.3 is 11.1 Å². The van der Waals surface area contributed by atoms with Crippen LogP contribution in [0, 0.1) is 0 Å². The highest BCUT2D eigenvalue weighted by atomic mass is 16.2. The second-order valence-corrected chi connectivity index (χ2v) is 4.49. The van der Waals surface area contributed by atoms with Gasteiger partial charge in [-0.3, -0.25) is 10.3 Å². The van der Waals surface area contributed by atoms with Gasteiger partial charge in [-0.2, -0.15) is 0 Å². The summed E-state index contributed by atoms with van der Waals surface area (Å²) in [5.74, 6) is 0.0823. The summed E-state index contributed by atoms with van der Waals surface area (Å²) in [6.45, 7) is 5.67. The van der Waals surface area contributed by atoms with Gasteiger partial charge in [0.1, 0.15) is 0 Å². The molecule has 0 unspecified atom stereocenters. The van der Waals surface area contributed by atoms with Crippen molar-refractivity contribution in [2.45, 2.75) is 26.3 Å². The highest BCUT2D eigenvalue weighted by Gasteiger charge is 2.10. The summed E-state index contributed by atoms with van der Waals surface area (Å²) in [5.41, 5.74) is 5.84. The monoisotopic (exact) mass is 235 g/mol. The van der Waals surface area contributed by atoms with Crippen LogP contribution in [0.3, 0.4) is 0 Å². The molecule has 17 heavy (non-hydrogen) atoms. The standard InChI is InChI=1S/C11H17N5O/c1-11(2,3)16-9(12)15-10(17)14-8-5-4-6-13-7-8/h4-7H,1-3H3,(H4,12,14,15,16,17). The summed E-state index contributed by atoms with van der Waals surface area (Å²) < 4.78 is 0. The number of anilines is 1. The Balaban J connectivity index is 2.54. The molecule has 1 rings (SSSR count). The van der Waals surface area contributed by atoms with Crippen LogP contribution in [0.1, 0.15) is 20.8 Å². The van der Waals surface area contributed by atoms with E-state index in [1.54, 1.807) is 18.3 Å². The molecular weight excluding hydrogens is 218 g/mol. The van der Waals surface area contributed by atoms with E-state index in [0.717, 1.165) is 0 Å². The number of aromatic nitrogens is 1. The number of nitrogens with zero attached hydrogens (tertiary/aromatic N) is 2. The Morgan fingerprint density at radius 2 is 2.18 bits per heavy atom. The van der Waals surface area contributed by atoms with Gasteiger partial charge in [-0.15, -0.1) is 0 Å². The maximum Gasteiger partial charge on any atom is 0.326 e. The fourth-order valence-corrected chi connectivity index (χ4v) is 1.10. The third-order valence-electron chi connectivity index (χ3n) is 1.62. The van der Waals surface area contributed by atoms with Crippen molar-refractivity contribution < 1.29 is 4.79 Å². The first kappa shape index (κ1) is 13.0. The van der Waals surface area contributed by atoms with Crippen molar-refractivity contribution >= 4 is 17.7 Å². The zero-order valence-corrected chi connectivity index (χ0v) is 10.2. The fourth-order valence-electron chi connectivity index (χ4n) is 1.10. The van der Waals surface area contributed by atoms with E-state index >= 15 is 0 Å². The van der Waals surface area contributed by atoms with Gasteiger partial charge in [0.15, 0.2) is 5.96 Å². The number of carbonyl (C=O) groups is 1. The number of urea groups is 1. The summed E-state index contributed by atoms with van der Waals surface area (Å²) in [4.78, 5) is 19.5. The molecule has 0 saturated carbocycles. The van der Waals surface area contributed by atoms with Crippen molar-refractivity contribution in [3.8, 4) is 0 Å². The molecule has 4 N–H and O–H groups in total. The number of amides is 2. The minimum atomic E-state index is -0.441. The summed E-state index contributed by atoms with van der Waals surface area (Å²) in [5, 5.41) is 5.02. The second-order valence-electron chi connectivity index (χ2n) is 4.49. The minimum Gasteiger partial charge on any atom is -0.370 e. The summed E-state index contributed by atoms with van der Waals surface area (Å²) in [7, 11) is 0. The highest BCUT2D eigenvalue weighted by Crippen LogP contribution is 2.05. The van der Waals surface area contributed by atoms with Crippen LogP contribution in [-0.4, -0.2) is 22.5 Å². The molecule has 92 valence electrons. The van der Waals surface area contributed by atoms with E-state index in [1.165, 1.54) is 6.20 Å². The quantitative estimate of drug-likeness (QED) is 0.506. The number of carbonyl (C=O) groups excluding carboxylic acids is 1. The second kappa shape index (κ2) is 5.29. The van der Waals surface area contributed by atoms with Gasteiger partial charge in [0.25, 0.3) is 0 Å². The molecule has 0 spiro atoms. The van der Waals surface area contributed by atoms with E-state index < -0.39 is 6.03 Å². The van der Waals surface area contributed by atoms with Crippen LogP contribution in [-0.2, 0) is 0 Å². The normalized spacial score (nSPS) is 12.1. The molecule has 6 nitrogen and oxygen atoms in total. The van der Waals surface area contributed by atoms with Gasteiger partial charge >= 0.3 is 6.03 Å². The number of nitrogens with two attached hydrogens (primary N) is 1. The lowest BCUT2D eigenvalue weighted by Gasteiger charge is -2.14. The van der Waals surface area contributed by atoms with Crippen LogP contribution in [0.25, 0.3) is 0 Å². The first-order valence-electron chi connectivity index (χ1n) is 5.20. The molecule has 0 aliphatic rings. The SMILES string of the molecule is CC(C)(C)N=C(N)NC(=O)Nc1cccnc1. The Kier molecular flexibility index (Phi) is 4.03. The zero-order valence-electron chi connectivity index (χ0n) is 10.2. The van der Waals surface area contributed by atoms with Crippen LogP contribution in [0.15, 0.2) is 29.5 Å². The third-order valence-corrected chi connectivity index (χ3v) is 1.62. The van der Waals surface area contributed by atoms with Crippen LogP contribution >= 0.6 is 0 Å². The highest BCUT2D eigenvalue weighted by molar-refractivity contribution is 6.01. The number of pyridine rings is 1. The van der Waals surface area contributed by atoms with E-state index in [2.05, 4.69) is 20.6 Å². The van der Waals surface area contributed by atoms with Crippen LogP contribution < -0.4 is 16.4 Å². The molecule has 6 heteroatoms. The van der Waals surface area contributed by atoms with Crippen molar-refractivity contribution in [3.05, 3.63) is 24.5 Å². The van der Waals surface area contributed by atoms with E-state index in [-0.39, 0.29) is 11.5 Å². The van der Waals surface area contributed by atoms with E-state index in [9.17, 15) is 4.79 Å². The number of hydrogen-bond acceptors (Lipinski definition) is 3. The smallest absolute Gasteiger partial charge is 0.326 e. The summed E-state index contributed by atoms with van der Waals surface area (Å²) >= 11 is 0. The molecule has 1 heterocycles. The number of nitrogens with one attached hydrogen (secondary N) is 2. The lowest BCUT2D eigenvalue weighted by Crippen LogP contribution is -2.41. The van der Waals surface area contributed by atoms with E-state index in [0.29, 0.717) is 5.69 Å². The summed E-state index contributed by atoms with van der Waals surface area (Å²) in [6.07, 6.45) is 3.16. The third kappa shape index (κ3) is 5.50. The number of rotatable bonds is 1. The Bertz CT molecular complexity index is 408. The Hall–Kier alpha value is -2.11. The molecular formula is C11H17N5O. The number of aliphatic imine (C=N–C) groups is 1. The van der Waals surface area contributed by atoms with Crippen LogP contribution in [0.2, 0.25) is 0 Å². The number of hydrogen-bond donors (Lipinski definition) is 3. The lowest BCUT2D eigenvalue weighted by atomic mass is 10.1. The molecule has 0 aliphatic carbocycles. The Morgan fingerprint density at radius 3 is 2.71 bits per heavy atom. The zero-order chi connectivity index (χ0) is 12.9. The topological polar surface area (TPSA) is 92.4 Å². The maximum atomic E-state index is 11.5. The average Bonchev–Trinajstić information content (AvgIpc) is 2.15. The molecule has 0 saturated heterocycles. The van der Waals surface area contributed by atoms with Crippen molar-refractivity contribution in [1.29, 1.82) is 0 Å². The van der Waals surface area contributed by atoms with Gasteiger partial charge in [-0.1, -0.05) is 0 Å². The molecule has 2 amide bonds. The van der Waals surface area contributed by atoms with Gasteiger partial charge in [-0.05, 0) is 32.9 Å². The predicted octanol–water partition coefficient (Wildman–Crippen LogP) is 1.32. The summed E-state index contributed by atoms with van der Waals surface area (Å²) in [6, 6.07) is 3.01. The molecule has 0 aliphatic heterocycles. The Labute approximate surface area is 100 Å². The first-order valence-corrected chi connectivity index (χ1v) is 5.20. The molecule has 0 bridgehead atoms. The van der Waals surface area contributed by atoms with E-state index in [4.69, 9.17) is 5.73 Å². The first-order chi connectivity index (χ1) is 7.87. The number of guanidine groups is 1. The van der Waals surface area contributed by atoms with Crippen molar-refractivity contribution in [2.24, 2.45) is 10.7 Å². The van der Waals surface area contributed by atoms with Crippen molar-refractivity contribution in [2.75, 3.05) is 5.32 Å². The van der Waals surface area contributed by atoms with Gasteiger partial charge in [0.05, 0.1) is 17.4 Å². The Morgan fingerprint density at radius 1 is 1.47 bits per heavy atom. The van der Waals surface area contributed by atoms with E-state index in [1.807, 2.05) is 20.8 Å². The van der Waals surface area contributed by atoms with Crippen molar-refractivity contribution in [3.63, 3.8) is 0 Å². The van der Waals surface area contributed by atoms with Crippen LogP contribution in [0.5, 0.6) is 0 Å². The molecule has 0 fully saturated rings. The maximum absolute atomic E-state index is 11.5. The van der Waals surface area contributed by atoms with Gasteiger partial charge in [0, 0.05) is 6.20 Å². The van der Waals surface area contributed by atoms with Gasteiger partial charge in [0.2, 0.25) is 0 Å². The molecule has 0 aromatic carbocycles. The minimum absolute atomic E-state index is 0.0823. The molecule has 0 atom stereocenters. The largest absolute Gasteiger partial charge is 0.370 e. The molecule has 1 aromatic rings. The molecule has 1 aromatic heterocycles.